The van der Waals surface area contributed by atoms with Crippen molar-refractivity contribution in [2.75, 3.05) is 19.6 Å². The maximum absolute atomic E-state index is 6.16. The van der Waals surface area contributed by atoms with E-state index in [1.807, 2.05) is 0 Å². The maximum Gasteiger partial charge on any atom is 0.0707 e. The average Bonchev–Trinajstić information content (AvgIpc) is 2.86. The standard InChI is InChI=1S/C15H30N2O/c1-12-6-5-9-17(12)11-14-8-7-13(18-14)10-16-15(2,3)4/h12-14,16H,5-11H2,1-4H3. The molecule has 0 bridgehead atoms. The van der Waals surface area contributed by atoms with Gasteiger partial charge in [0.1, 0.15) is 0 Å². The Kier molecular flexibility index (Phi) is 4.68. The van der Waals surface area contributed by atoms with E-state index in [0.29, 0.717) is 12.2 Å². The van der Waals surface area contributed by atoms with E-state index in [0.717, 1.165) is 19.1 Å². The van der Waals surface area contributed by atoms with Crippen molar-refractivity contribution < 1.29 is 4.74 Å². The van der Waals surface area contributed by atoms with Crippen LogP contribution in [-0.4, -0.2) is 48.3 Å². The number of likely N-dealkylation sites (tertiary alicyclic amines) is 1. The van der Waals surface area contributed by atoms with Crippen molar-refractivity contribution in [2.24, 2.45) is 0 Å². The fourth-order valence-electron chi connectivity index (χ4n) is 3.01. The number of hydrogen-bond donors (Lipinski definition) is 1. The Labute approximate surface area is 112 Å². The summed E-state index contributed by atoms with van der Waals surface area (Å²) in [5.74, 6) is 0. The van der Waals surface area contributed by atoms with Crippen molar-refractivity contribution >= 4 is 0 Å². The normalized spacial score (nSPS) is 34.3. The molecular formula is C15H30N2O. The first kappa shape index (κ1) is 14.3. The first-order chi connectivity index (χ1) is 8.44. The molecule has 2 saturated heterocycles. The van der Waals surface area contributed by atoms with E-state index in [4.69, 9.17) is 4.74 Å². The molecule has 18 heavy (non-hydrogen) atoms. The summed E-state index contributed by atoms with van der Waals surface area (Å²) in [4.78, 5) is 2.60. The van der Waals surface area contributed by atoms with Crippen LogP contribution in [0.5, 0.6) is 0 Å². The number of nitrogens with zero attached hydrogens (tertiary/aromatic N) is 1. The topological polar surface area (TPSA) is 24.5 Å². The number of hydrogen-bond acceptors (Lipinski definition) is 3. The van der Waals surface area contributed by atoms with E-state index < -0.39 is 0 Å². The molecule has 2 fully saturated rings. The van der Waals surface area contributed by atoms with Gasteiger partial charge in [-0.3, -0.25) is 4.90 Å². The monoisotopic (exact) mass is 254 g/mol. The van der Waals surface area contributed by atoms with E-state index in [1.165, 1.54) is 32.2 Å². The molecule has 1 N–H and O–H groups in total. The van der Waals surface area contributed by atoms with Gasteiger partial charge >= 0.3 is 0 Å². The molecule has 0 aliphatic carbocycles. The van der Waals surface area contributed by atoms with Gasteiger partial charge in [0.05, 0.1) is 12.2 Å². The van der Waals surface area contributed by atoms with Gasteiger partial charge in [0.2, 0.25) is 0 Å². The number of ether oxygens (including phenoxy) is 1. The minimum Gasteiger partial charge on any atom is -0.372 e. The smallest absolute Gasteiger partial charge is 0.0707 e. The second kappa shape index (κ2) is 5.89. The van der Waals surface area contributed by atoms with Crippen LogP contribution >= 0.6 is 0 Å². The Morgan fingerprint density at radius 3 is 2.50 bits per heavy atom. The third-order valence-electron chi connectivity index (χ3n) is 4.18. The lowest BCUT2D eigenvalue weighted by molar-refractivity contribution is 0.0197. The molecule has 0 spiro atoms. The molecular weight excluding hydrogens is 224 g/mol. The second-order valence-corrected chi connectivity index (χ2v) is 7.07. The summed E-state index contributed by atoms with van der Waals surface area (Å²) in [5.41, 5.74) is 0.199. The quantitative estimate of drug-likeness (QED) is 0.834. The summed E-state index contributed by atoms with van der Waals surface area (Å²) in [6.07, 6.45) is 6.07. The molecule has 0 amide bonds. The van der Waals surface area contributed by atoms with E-state index in [9.17, 15) is 0 Å². The highest BCUT2D eigenvalue weighted by Gasteiger charge is 2.30. The zero-order valence-corrected chi connectivity index (χ0v) is 12.5. The highest BCUT2D eigenvalue weighted by molar-refractivity contribution is 4.83. The molecule has 106 valence electrons. The summed E-state index contributed by atoms with van der Waals surface area (Å²) >= 11 is 0. The Hall–Kier alpha value is -0.120. The van der Waals surface area contributed by atoms with Gasteiger partial charge in [-0.05, 0) is 59.9 Å². The van der Waals surface area contributed by atoms with E-state index in [-0.39, 0.29) is 5.54 Å². The third-order valence-corrected chi connectivity index (χ3v) is 4.18. The molecule has 2 aliphatic rings. The van der Waals surface area contributed by atoms with Crippen LogP contribution in [0.3, 0.4) is 0 Å². The molecule has 3 unspecified atom stereocenters. The van der Waals surface area contributed by atoms with Gasteiger partial charge in [-0.25, -0.2) is 0 Å². The Bertz CT molecular complexity index is 262. The van der Waals surface area contributed by atoms with Crippen LogP contribution in [-0.2, 0) is 4.74 Å². The maximum atomic E-state index is 6.16. The number of rotatable bonds is 4. The van der Waals surface area contributed by atoms with Crippen molar-refractivity contribution in [3.63, 3.8) is 0 Å². The minimum atomic E-state index is 0.199. The molecule has 3 nitrogen and oxygen atoms in total. The highest BCUT2D eigenvalue weighted by atomic mass is 16.5. The summed E-state index contributed by atoms with van der Waals surface area (Å²) < 4.78 is 6.16. The van der Waals surface area contributed by atoms with Crippen molar-refractivity contribution in [2.45, 2.75) is 77.2 Å². The number of nitrogens with one attached hydrogen (secondary N) is 1. The van der Waals surface area contributed by atoms with E-state index >= 15 is 0 Å². The Balaban J connectivity index is 1.68. The van der Waals surface area contributed by atoms with E-state index in [1.54, 1.807) is 0 Å². The van der Waals surface area contributed by atoms with Crippen LogP contribution in [0.1, 0.15) is 53.4 Å². The Morgan fingerprint density at radius 2 is 1.89 bits per heavy atom. The molecule has 2 heterocycles. The van der Waals surface area contributed by atoms with Crippen molar-refractivity contribution in [1.82, 2.24) is 10.2 Å². The van der Waals surface area contributed by atoms with Gasteiger partial charge in [-0.15, -0.1) is 0 Å². The van der Waals surface area contributed by atoms with E-state index in [2.05, 4.69) is 37.9 Å². The lowest BCUT2D eigenvalue weighted by Crippen LogP contribution is -2.41. The highest BCUT2D eigenvalue weighted by Crippen LogP contribution is 2.24. The summed E-state index contributed by atoms with van der Waals surface area (Å²) in [5, 5.41) is 3.55. The van der Waals surface area contributed by atoms with Crippen LogP contribution in [0.2, 0.25) is 0 Å². The molecule has 0 aromatic carbocycles. The summed E-state index contributed by atoms with van der Waals surface area (Å²) in [7, 11) is 0. The second-order valence-electron chi connectivity index (χ2n) is 7.07. The van der Waals surface area contributed by atoms with Crippen LogP contribution < -0.4 is 5.32 Å². The van der Waals surface area contributed by atoms with Crippen LogP contribution in [0.4, 0.5) is 0 Å². The van der Waals surface area contributed by atoms with Gasteiger partial charge in [-0.2, -0.15) is 0 Å². The predicted octanol–water partition coefficient (Wildman–Crippen LogP) is 2.41. The van der Waals surface area contributed by atoms with Gasteiger partial charge in [0, 0.05) is 24.7 Å². The lowest BCUT2D eigenvalue weighted by atomic mass is 10.1. The van der Waals surface area contributed by atoms with Gasteiger partial charge in [-0.1, -0.05) is 0 Å². The largest absolute Gasteiger partial charge is 0.372 e. The fourth-order valence-corrected chi connectivity index (χ4v) is 3.01. The minimum absolute atomic E-state index is 0.199. The van der Waals surface area contributed by atoms with Gasteiger partial charge in [0.25, 0.3) is 0 Å². The average molecular weight is 254 g/mol. The molecule has 3 atom stereocenters. The first-order valence-corrected chi connectivity index (χ1v) is 7.58. The zero-order valence-electron chi connectivity index (χ0n) is 12.5. The van der Waals surface area contributed by atoms with Crippen LogP contribution in [0.25, 0.3) is 0 Å². The molecule has 0 aromatic heterocycles. The Morgan fingerprint density at radius 1 is 1.17 bits per heavy atom. The summed E-state index contributed by atoms with van der Waals surface area (Å²) in [6, 6.07) is 0.764. The molecule has 3 heteroatoms. The first-order valence-electron chi connectivity index (χ1n) is 7.58. The van der Waals surface area contributed by atoms with Crippen molar-refractivity contribution in [3.8, 4) is 0 Å². The third kappa shape index (κ3) is 4.22. The predicted molar refractivity (Wildman–Crippen MR) is 75.9 cm³/mol. The van der Waals surface area contributed by atoms with Crippen LogP contribution in [0.15, 0.2) is 0 Å². The SMILES string of the molecule is CC1CCCN1CC1CCC(CNC(C)(C)C)O1. The lowest BCUT2D eigenvalue weighted by Gasteiger charge is -2.26. The van der Waals surface area contributed by atoms with Crippen molar-refractivity contribution in [3.05, 3.63) is 0 Å². The van der Waals surface area contributed by atoms with Gasteiger partial charge < -0.3 is 10.1 Å². The fraction of sp³-hybridized carbons (Fsp3) is 1.00. The molecule has 2 aliphatic heterocycles. The summed E-state index contributed by atoms with van der Waals surface area (Å²) in [6.45, 7) is 12.4. The molecule has 0 aromatic rings. The van der Waals surface area contributed by atoms with Crippen molar-refractivity contribution in [1.29, 1.82) is 0 Å². The zero-order chi connectivity index (χ0) is 13.2. The molecule has 0 radical (unpaired) electrons. The van der Waals surface area contributed by atoms with Gasteiger partial charge in [0.15, 0.2) is 0 Å². The van der Waals surface area contributed by atoms with Crippen LogP contribution in [0, 0.1) is 0 Å². The molecule has 2 rings (SSSR count). The molecule has 0 saturated carbocycles.